The van der Waals surface area contributed by atoms with Gasteiger partial charge in [-0.25, -0.2) is 13.4 Å². The molecule has 0 saturated carbocycles. The molecule has 9 heteroatoms. The van der Waals surface area contributed by atoms with Gasteiger partial charge < -0.3 is 4.74 Å². The van der Waals surface area contributed by atoms with Gasteiger partial charge in [-0.3, -0.25) is 4.72 Å². The SMILES string of the molecule is N#Cc1cc(Oc2ccccc2-c2ccccc2)ccc1S(=O)(=O)Nc1ncns1. The molecule has 0 aliphatic rings. The molecule has 0 unspecified atom stereocenters. The zero-order valence-electron chi connectivity index (χ0n) is 15.4. The molecular formula is C21H14N4O3S2. The van der Waals surface area contributed by atoms with E-state index >= 15 is 0 Å². The van der Waals surface area contributed by atoms with Gasteiger partial charge in [-0.1, -0.05) is 48.5 Å². The van der Waals surface area contributed by atoms with E-state index in [4.69, 9.17) is 4.74 Å². The molecule has 148 valence electrons. The topological polar surface area (TPSA) is 105 Å². The van der Waals surface area contributed by atoms with Crippen LogP contribution in [-0.4, -0.2) is 17.8 Å². The van der Waals surface area contributed by atoms with E-state index in [9.17, 15) is 13.7 Å². The van der Waals surface area contributed by atoms with Crippen LogP contribution in [0, 0.1) is 11.3 Å². The highest BCUT2D eigenvalue weighted by Crippen LogP contribution is 2.34. The molecule has 30 heavy (non-hydrogen) atoms. The van der Waals surface area contributed by atoms with Crippen molar-refractivity contribution in [2.75, 3.05) is 4.72 Å². The maximum Gasteiger partial charge on any atom is 0.265 e. The third-order valence-electron chi connectivity index (χ3n) is 4.14. The maximum absolute atomic E-state index is 12.6. The Balaban J connectivity index is 1.66. The molecule has 0 amide bonds. The molecule has 0 bridgehead atoms. The van der Waals surface area contributed by atoms with Crippen LogP contribution >= 0.6 is 11.5 Å². The first-order chi connectivity index (χ1) is 14.6. The fourth-order valence-corrected chi connectivity index (χ4v) is 4.62. The van der Waals surface area contributed by atoms with Crippen LogP contribution in [0.2, 0.25) is 0 Å². The van der Waals surface area contributed by atoms with Gasteiger partial charge in [0, 0.05) is 17.1 Å². The van der Waals surface area contributed by atoms with Crippen LogP contribution in [0.3, 0.4) is 0 Å². The van der Waals surface area contributed by atoms with Crippen LogP contribution in [0.15, 0.2) is 84.0 Å². The largest absolute Gasteiger partial charge is 0.457 e. The van der Waals surface area contributed by atoms with Crippen molar-refractivity contribution in [2.45, 2.75) is 4.90 Å². The minimum atomic E-state index is -3.99. The highest BCUT2D eigenvalue weighted by atomic mass is 32.2. The number of para-hydroxylation sites is 1. The van der Waals surface area contributed by atoms with Crippen molar-refractivity contribution in [3.63, 3.8) is 0 Å². The van der Waals surface area contributed by atoms with Gasteiger partial charge in [-0.15, -0.1) is 0 Å². The van der Waals surface area contributed by atoms with Crippen LogP contribution < -0.4 is 9.46 Å². The molecule has 1 aromatic heterocycles. The first-order valence-electron chi connectivity index (χ1n) is 8.73. The van der Waals surface area contributed by atoms with Crippen molar-refractivity contribution in [3.8, 4) is 28.7 Å². The summed E-state index contributed by atoms with van der Waals surface area (Å²) in [5.74, 6) is 0.944. The van der Waals surface area contributed by atoms with Crippen LogP contribution in [0.25, 0.3) is 11.1 Å². The molecule has 0 atom stereocenters. The van der Waals surface area contributed by atoms with Crippen molar-refractivity contribution in [1.29, 1.82) is 5.26 Å². The van der Waals surface area contributed by atoms with Gasteiger partial charge in [-0.2, -0.15) is 9.64 Å². The van der Waals surface area contributed by atoms with E-state index in [2.05, 4.69) is 14.1 Å². The number of hydrogen-bond acceptors (Lipinski definition) is 7. The zero-order valence-corrected chi connectivity index (χ0v) is 17.0. The normalized spacial score (nSPS) is 10.9. The third-order valence-corrected chi connectivity index (χ3v) is 6.25. The Morgan fingerprint density at radius 2 is 1.77 bits per heavy atom. The van der Waals surface area contributed by atoms with E-state index in [0.717, 1.165) is 22.7 Å². The van der Waals surface area contributed by atoms with Gasteiger partial charge in [0.1, 0.15) is 28.8 Å². The Morgan fingerprint density at radius 1 is 1.00 bits per heavy atom. The number of hydrogen-bond donors (Lipinski definition) is 1. The number of nitrogens with one attached hydrogen (secondary N) is 1. The van der Waals surface area contributed by atoms with Crippen LogP contribution in [-0.2, 0) is 10.0 Å². The van der Waals surface area contributed by atoms with E-state index in [-0.39, 0.29) is 15.6 Å². The third kappa shape index (κ3) is 4.15. The minimum Gasteiger partial charge on any atom is -0.457 e. The Morgan fingerprint density at radius 3 is 2.50 bits per heavy atom. The van der Waals surface area contributed by atoms with Gasteiger partial charge in [0.05, 0.1) is 5.56 Å². The highest BCUT2D eigenvalue weighted by molar-refractivity contribution is 7.93. The number of anilines is 1. The lowest BCUT2D eigenvalue weighted by Crippen LogP contribution is -2.14. The lowest BCUT2D eigenvalue weighted by atomic mass is 10.0. The highest BCUT2D eigenvalue weighted by Gasteiger charge is 2.21. The number of nitrogens with zero attached hydrogens (tertiary/aromatic N) is 3. The monoisotopic (exact) mass is 434 g/mol. The predicted molar refractivity (Wildman–Crippen MR) is 114 cm³/mol. The summed E-state index contributed by atoms with van der Waals surface area (Å²) in [6.07, 6.45) is 1.24. The van der Waals surface area contributed by atoms with Crippen LogP contribution in [0.1, 0.15) is 5.56 Å². The molecule has 4 rings (SSSR count). The molecular weight excluding hydrogens is 420 g/mol. The molecule has 0 fully saturated rings. The van der Waals surface area contributed by atoms with Crippen molar-refractivity contribution in [1.82, 2.24) is 9.36 Å². The summed E-state index contributed by atoms with van der Waals surface area (Å²) in [6, 6.07) is 23.4. The molecule has 4 aromatic rings. The number of ether oxygens (including phenoxy) is 1. The van der Waals surface area contributed by atoms with Gasteiger partial charge in [0.25, 0.3) is 10.0 Å². The predicted octanol–water partition coefficient (Wildman–Crippen LogP) is 4.67. The zero-order chi connectivity index (χ0) is 21.0. The van der Waals surface area contributed by atoms with Crippen molar-refractivity contribution in [3.05, 3.63) is 84.7 Å². The average molecular weight is 435 g/mol. The molecule has 0 spiro atoms. The molecule has 7 nitrogen and oxygen atoms in total. The second-order valence-electron chi connectivity index (χ2n) is 6.09. The van der Waals surface area contributed by atoms with E-state index in [1.165, 1.54) is 24.5 Å². The van der Waals surface area contributed by atoms with Gasteiger partial charge in [0.15, 0.2) is 0 Å². The minimum absolute atomic E-state index is 0.0401. The standard InChI is InChI=1S/C21H14N4O3S2/c22-13-16-12-17(10-11-20(16)30(26,27)25-21-23-14-24-29-21)28-19-9-5-4-8-18(19)15-6-2-1-3-7-15/h1-12,14H,(H,23,24,25). The van der Waals surface area contributed by atoms with E-state index in [0.29, 0.717) is 11.5 Å². The van der Waals surface area contributed by atoms with Gasteiger partial charge >= 0.3 is 0 Å². The molecule has 1 heterocycles. The smallest absolute Gasteiger partial charge is 0.265 e. The fourth-order valence-electron chi connectivity index (χ4n) is 2.82. The van der Waals surface area contributed by atoms with Crippen molar-refractivity contribution in [2.24, 2.45) is 0 Å². The number of rotatable bonds is 6. The second kappa shape index (κ2) is 8.32. The Labute approximate surface area is 177 Å². The number of aromatic nitrogens is 2. The van der Waals surface area contributed by atoms with E-state index < -0.39 is 10.0 Å². The Bertz CT molecular complexity index is 1320. The first-order valence-corrected chi connectivity index (χ1v) is 11.0. The molecule has 3 aromatic carbocycles. The summed E-state index contributed by atoms with van der Waals surface area (Å²) in [6.45, 7) is 0. The second-order valence-corrected chi connectivity index (χ2v) is 8.52. The number of nitriles is 1. The quantitative estimate of drug-likeness (QED) is 0.473. The van der Waals surface area contributed by atoms with Crippen molar-refractivity contribution >= 4 is 26.7 Å². The Kier molecular flexibility index (Phi) is 5.43. The number of benzene rings is 3. The lowest BCUT2D eigenvalue weighted by Gasteiger charge is -2.13. The molecule has 0 aliphatic heterocycles. The van der Waals surface area contributed by atoms with Gasteiger partial charge in [0.2, 0.25) is 5.13 Å². The first kappa shape index (κ1) is 19.6. The van der Waals surface area contributed by atoms with Gasteiger partial charge in [-0.05, 0) is 29.8 Å². The van der Waals surface area contributed by atoms with Crippen LogP contribution in [0.5, 0.6) is 11.5 Å². The summed E-state index contributed by atoms with van der Waals surface area (Å²) in [4.78, 5) is 3.64. The summed E-state index contributed by atoms with van der Waals surface area (Å²) in [5.41, 5.74) is 1.82. The average Bonchev–Trinajstić information content (AvgIpc) is 3.27. The molecule has 0 radical (unpaired) electrons. The summed E-state index contributed by atoms with van der Waals surface area (Å²) in [7, 11) is -3.99. The molecule has 0 saturated heterocycles. The van der Waals surface area contributed by atoms with Crippen LogP contribution in [0.4, 0.5) is 5.13 Å². The fraction of sp³-hybridized carbons (Fsp3) is 0. The molecule has 0 aliphatic carbocycles. The summed E-state index contributed by atoms with van der Waals surface area (Å²) >= 11 is 0.903. The summed E-state index contributed by atoms with van der Waals surface area (Å²) in [5, 5.41) is 9.63. The lowest BCUT2D eigenvalue weighted by molar-refractivity contribution is 0.483. The van der Waals surface area contributed by atoms with E-state index in [1.54, 1.807) is 0 Å². The summed E-state index contributed by atoms with van der Waals surface area (Å²) < 4.78 is 37.3. The van der Waals surface area contributed by atoms with Crippen molar-refractivity contribution < 1.29 is 13.2 Å². The Hall–Kier alpha value is -3.74. The molecule has 1 N–H and O–H groups in total. The van der Waals surface area contributed by atoms with E-state index in [1.807, 2.05) is 60.7 Å². The maximum atomic E-state index is 12.6. The number of sulfonamides is 1.